The van der Waals surface area contributed by atoms with E-state index in [1.54, 1.807) is 0 Å². The van der Waals surface area contributed by atoms with Gasteiger partial charge in [0.15, 0.2) is 0 Å². The first-order valence-corrected chi connectivity index (χ1v) is 7.10. The van der Waals surface area contributed by atoms with Crippen LogP contribution in [0.25, 0.3) is 0 Å². The maximum absolute atomic E-state index is 12.5. The van der Waals surface area contributed by atoms with Gasteiger partial charge in [0.1, 0.15) is 5.54 Å². The van der Waals surface area contributed by atoms with Crippen LogP contribution in [0.1, 0.15) is 32.8 Å². The molecule has 1 fully saturated rings. The van der Waals surface area contributed by atoms with E-state index in [-0.39, 0.29) is 17.4 Å². The monoisotopic (exact) mass is 276 g/mol. The van der Waals surface area contributed by atoms with Crippen molar-refractivity contribution in [3.63, 3.8) is 0 Å². The summed E-state index contributed by atoms with van der Waals surface area (Å²) in [6.07, 6.45) is 0.604. The van der Waals surface area contributed by atoms with E-state index in [4.69, 9.17) is 10.5 Å². The van der Waals surface area contributed by atoms with Gasteiger partial charge in [-0.1, -0.05) is 31.5 Å². The quantitative estimate of drug-likeness (QED) is 0.888. The lowest BCUT2D eigenvalue weighted by molar-refractivity contribution is -0.166. The molecule has 1 amide bonds. The van der Waals surface area contributed by atoms with Gasteiger partial charge in [-0.05, 0) is 26.0 Å². The van der Waals surface area contributed by atoms with Crippen molar-refractivity contribution in [3.05, 3.63) is 29.8 Å². The van der Waals surface area contributed by atoms with E-state index in [2.05, 4.69) is 5.32 Å². The highest BCUT2D eigenvalue weighted by atomic mass is 16.5. The van der Waals surface area contributed by atoms with Crippen molar-refractivity contribution in [2.24, 2.45) is 11.1 Å². The summed E-state index contributed by atoms with van der Waals surface area (Å²) in [5.41, 5.74) is 7.03. The van der Waals surface area contributed by atoms with Gasteiger partial charge in [0.25, 0.3) is 0 Å². The summed E-state index contributed by atoms with van der Waals surface area (Å²) >= 11 is 0. The number of carbonyl (C=O) groups excluding carboxylic acids is 1. The molecule has 0 radical (unpaired) electrons. The predicted molar refractivity (Wildman–Crippen MR) is 80.5 cm³/mol. The fraction of sp³-hybridized carbons (Fsp3) is 0.562. The third-order valence-corrected chi connectivity index (χ3v) is 4.54. The highest BCUT2D eigenvalue weighted by Crippen LogP contribution is 2.50. The molecule has 3 N–H and O–H groups in total. The minimum absolute atomic E-state index is 0.0428. The molecule has 0 aromatic heterocycles. The van der Waals surface area contributed by atoms with Crippen LogP contribution >= 0.6 is 0 Å². The van der Waals surface area contributed by atoms with Gasteiger partial charge in [0.2, 0.25) is 5.91 Å². The molecule has 110 valence electrons. The Bertz CT molecular complexity index is 496. The van der Waals surface area contributed by atoms with Crippen LogP contribution in [0, 0.1) is 12.3 Å². The first-order chi connectivity index (χ1) is 9.31. The second kappa shape index (κ2) is 5.19. The molecule has 0 bridgehead atoms. The van der Waals surface area contributed by atoms with Crippen LogP contribution in [-0.2, 0) is 9.53 Å². The molecule has 1 aromatic carbocycles. The van der Waals surface area contributed by atoms with Crippen LogP contribution in [0.15, 0.2) is 24.3 Å². The van der Waals surface area contributed by atoms with Crippen LogP contribution in [0.2, 0.25) is 0 Å². The Kier molecular flexibility index (Phi) is 3.89. The number of ether oxygens (including phenoxy) is 1. The molecule has 0 spiro atoms. The molecular weight excluding hydrogens is 252 g/mol. The molecule has 2 unspecified atom stereocenters. The molecule has 1 aromatic rings. The average molecular weight is 276 g/mol. The minimum atomic E-state index is -0.877. The van der Waals surface area contributed by atoms with E-state index in [1.165, 1.54) is 0 Å². The number of rotatable bonds is 4. The molecule has 20 heavy (non-hydrogen) atoms. The number of nitrogens with one attached hydrogen (secondary N) is 1. The van der Waals surface area contributed by atoms with Gasteiger partial charge in [-0.25, -0.2) is 0 Å². The average Bonchev–Trinajstić information content (AvgIpc) is 2.40. The first-order valence-electron chi connectivity index (χ1n) is 7.10. The standard InChI is InChI=1S/C16H24N2O2/c1-5-20-13-10-16(17,15(13,3)4)14(19)18-12-8-6-11(2)7-9-12/h6-9,13H,5,10,17H2,1-4H3,(H,18,19). The Balaban J connectivity index is 2.08. The van der Waals surface area contributed by atoms with Gasteiger partial charge in [-0.3, -0.25) is 4.79 Å². The SMILES string of the molecule is CCOC1CC(N)(C(=O)Nc2ccc(C)cc2)C1(C)C. The first kappa shape index (κ1) is 15.0. The number of anilines is 1. The third kappa shape index (κ3) is 2.34. The largest absolute Gasteiger partial charge is 0.378 e. The van der Waals surface area contributed by atoms with Crippen LogP contribution < -0.4 is 11.1 Å². The van der Waals surface area contributed by atoms with Crippen molar-refractivity contribution in [2.75, 3.05) is 11.9 Å². The molecule has 4 heteroatoms. The summed E-state index contributed by atoms with van der Waals surface area (Å²) in [4.78, 5) is 12.5. The second-order valence-electron chi connectivity index (χ2n) is 6.16. The Morgan fingerprint density at radius 1 is 1.40 bits per heavy atom. The van der Waals surface area contributed by atoms with Gasteiger partial charge >= 0.3 is 0 Å². The Hall–Kier alpha value is -1.39. The van der Waals surface area contributed by atoms with Crippen molar-refractivity contribution in [2.45, 2.75) is 45.8 Å². The molecule has 0 saturated heterocycles. The summed E-state index contributed by atoms with van der Waals surface area (Å²) in [5, 5.41) is 2.91. The van der Waals surface area contributed by atoms with E-state index in [0.717, 1.165) is 11.3 Å². The van der Waals surface area contributed by atoms with Crippen molar-refractivity contribution >= 4 is 11.6 Å². The smallest absolute Gasteiger partial charge is 0.245 e. The van der Waals surface area contributed by atoms with Crippen LogP contribution in [0.3, 0.4) is 0 Å². The molecule has 1 aliphatic rings. The maximum atomic E-state index is 12.5. The van der Waals surface area contributed by atoms with E-state index < -0.39 is 5.54 Å². The minimum Gasteiger partial charge on any atom is -0.378 e. The molecule has 2 atom stereocenters. The number of benzene rings is 1. The zero-order valence-corrected chi connectivity index (χ0v) is 12.7. The van der Waals surface area contributed by atoms with Gasteiger partial charge in [-0.15, -0.1) is 0 Å². The zero-order valence-electron chi connectivity index (χ0n) is 12.7. The van der Waals surface area contributed by atoms with E-state index >= 15 is 0 Å². The summed E-state index contributed by atoms with van der Waals surface area (Å²) in [7, 11) is 0. The lowest BCUT2D eigenvalue weighted by atomic mass is 9.54. The number of carbonyl (C=O) groups is 1. The topological polar surface area (TPSA) is 64.3 Å². The Labute approximate surface area is 120 Å². The third-order valence-electron chi connectivity index (χ3n) is 4.54. The Morgan fingerprint density at radius 2 is 2.00 bits per heavy atom. The van der Waals surface area contributed by atoms with Crippen LogP contribution in [0.4, 0.5) is 5.69 Å². The summed E-state index contributed by atoms with van der Waals surface area (Å²) in [6, 6.07) is 7.71. The number of nitrogens with two attached hydrogens (primary N) is 1. The predicted octanol–water partition coefficient (Wildman–Crippen LogP) is 2.47. The van der Waals surface area contributed by atoms with Crippen LogP contribution in [0.5, 0.6) is 0 Å². The Morgan fingerprint density at radius 3 is 2.50 bits per heavy atom. The van der Waals surface area contributed by atoms with Crippen LogP contribution in [-0.4, -0.2) is 24.2 Å². The molecule has 4 nitrogen and oxygen atoms in total. The lowest BCUT2D eigenvalue weighted by Crippen LogP contribution is -2.74. The fourth-order valence-corrected chi connectivity index (χ4v) is 2.70. The number of aryl methyl sites for hydroxylation is 1. The van der Waals surface area contributed by atoms with Gasteiger partial charge in [0, 0.05) is 24.1 Å². The summed E-state index contributed by atoms with van der Waals surface area (Å²) in [5.74, 6) is -0.137. The normalized spacial score (nSPS) is 27.8. The highest BCUT2D eigenvalue weighted by molar-refractivity contribution is 5.99. The van der Waals surface area contributed by atoms with Gasteiger partial charge in [0.05, 0.1) is 6.10 Å². The zero-order chi connectivity index (χ0) is 15.0. The van der Waals surface area contributed by atoms with Gasteiger partial charge in [-0.2, -0.15) is 0 Å². The molecular formula is C16H24N2O2. The van der Waals surface area contributed by atoms with E-state index in [1.807, 2.05) is 52.0 Å². The number of amides is 1. The fourth-order valence-electron chi connectivity index (χ4n) is 2.70. The van der Waals surface area contributed by atoms with Crippen molar-refractivity contribution in [1.82, 2.24) is 0 Å². The molecule has 1 aliphatic carbocycles. The molecule has 2 rings (SSSR count). The molecule has 1 saturated carbocycles. The summed E-state index contributed by atoms with van der Waals surface area (Å²) in [6.45, 7) is 8.59. The number of hydrogen-bond donors (Lipinski definition) is 2. The van der Waals surface area contributed by atoms with E-state index in [9.17, 15) is 4.79 Å². The maximum Gasteiger partial charge on any atom is 0.245 e. The van der Waals surface area contributed by atoms with Gasteiger partial charge < -0.3 is 15.8 Å². The van der Waals surface area contributed by atoms with Crippen molar-refractivity contribution in [1.29, 1.82) is 0 Å². The van der Waals surface area contributed by atoms with E-state index in [0.29, 0.717) is 13.0 Å². The molecule has 0 aliphatic heterocycles. The van der Waals surface area contributed by atoms with Crippen molar-refractivity contribution < 1.29 is 9.53 Å². The number of hydrogen-bond acceptors (Lipinski definition) is 3. The lowest BCUT2D eigenvalue weighted by Gasteiger charge is -2.57. The second-order valence-corrected chi connectivity index (χ2v) is 6.16. The molecule has 0 heterocycles. The van der Waals surface area contributed by atoms with Crippen molar-refractivity contribution in [3.8, 4) is 0 Å². The summed E-state index contributed by atoms with van der Waals surface area (Å²) < 4.78 is 5.64. The highest BCUT2D eigenvalue weighted by Gasteiger charge is 2.62.